The number of amides is 1. The van der Waals surface area contributed by atoms with Gasteiger partial charge in [0.25, 0.3) is 11.6 Å². The van der Waals surface area contributed by atoms with Gasteiger partial charge < -0.3 is 5.32 Å². The molecule has 2 rings (SSSR count). The largest absolute Gasteiger partial charge is 0.433 e. The SMILES string of the molecule is O=C(Nc1ccc([N+](=O)[O-])cc1)c1ccc(C(F)(F)F)nc1. The highest BCUT2D eigenvalue weighted by molar-refractivity contribution is 6.04. The van der Waals surface area contributed by atoms with Crippen LogP contribution in [0.4, 0.5) is 24.5 Å². The molecular weight excluding hydrogens is 303 g/mol. The Morgan fingerprint density at radius 1 is 1.14 bits per heavy atom. The van der Waals surface area contributed by atoms with Crippen LogP contribution in [0.25, 0.3) is 0 Å². The van der Waals surface area contributed by atoms with Crippen LogP contribution in [0.1, 0.15) is 16.1 Å². The fourth-order valence-corrected chi connectivity index (χ4v) is 1.57. The molecule has 0 aliphatic heterocycles. The molecule has 0 atom stereocenters. The highest BCUT2D eigenvalue weighted by atomic mass is 19.4. The Balaban J connectivity index is 2.10. The quantitative estimate of drug-likeness (QED) is 0.696. The number of hydrogen-bond acceptors (Lipinski definition) is 4. The zero-order valence-corrected chi connectivity index (χ0v) is 10.8. The van der Waals surface area contributed by atoms with Gasteiger partial charge >= 0.3 is 6.18 Å². The number of alkyl halides is 3. The minimum atomic E-state index is -4.58. The normalized spacial score (nSPS) is 11.0. The predicted octanol–water partition coefficient (Wildman–Crippen LogP) is 3.26. The van der Waals surface area contributed by atoms with Crippen molar-refractivity contribution in [1.29, 1.82) is 0 Å². The summed E-state index contributed by atoms with van der Waals surface area (Å²) in [6.45, 7) is 0. The fourth-order valence-electron chi connectivity index (χ4n) is 1.57. The van der Waals surface area contributed by atoms with E-state index in [4.69, 9.17) is 0 Å². The van der Waals surface area contributed by atoms with Gasteiger partial charge in [-0.1, -0.05) is 0 Å². The van der Waals surface area contributed by atoms with Gasteiger partial charge in [0.2, 0.25) is 0 Å². The molecule has 0 saturated heterocycles. The van der Waals surface area contributed by atoms with Crippen molar-refractivity contribution < 1.29 is 22.9 Å². The number of rotatable bonds is 3. The van der Waals surface area contributed by atoms with Crippen LogP contribution in [0.3, 0.4) is 0 Å². The van der Waals surface area contributed by atoms with Gasteiger partial charge in [-0.05, 0) is 24.3 Å². The van der Waals surface area contributed by atoms with Gasteiger partial charge in [0.05, 0.1) is 10.5 Å². The number of nitrogens with zero attached hydrogens (tertiary/aromatic N) is 2. The van der Waals surface area contributed by atoms with Crippen LogP contribution in [0.15, 0.2) is 42.6 Å². The molecule has 9 heteroatoms. The van der Waals surface area contributed by atoms with Gasteiger partial charge in [-0.3, -0.25) is 19.9 Å². The van der Waals surface area contributed by atoms with Gasteiger partial charge in [0, 0.05) is 24.0 Å². The first-order valence-electron chi connectivity index (χ1n) is 5.86. The lowest BCUT2D eigenvalue weighted by atomic mass is 10.2. The molecule has 1 aromatic carbocycles. The van der Waals surface area contributed by atoms with E-state index in [0.29, 0.717) is 6.07 Å². The molecule has 0 radical (unpaired) electrons. The molecule has 6 nitrogen and oxygen atoms in total. The van der Waals surface area contributed by atoms with Gasteiger partial charge in [0.1, 0.15) is 5.69 Å². The first-order chi connectivity index (χ1) is 10.3. The summed E-state index contributed by atoms with van der Waals surface area (Å²) in [7, 11) is 0. The highest BCUT2D eigenvalue weighted by Gasteiger charge is 2.32. The highest BCUT2D eigenvalue weighted by Crippen LogP contribution is 2.27. The van der Waals surface area contributed by atoms with E-state index in [0.717, 1.165) is 12.3 Å². The van der Waals surface area contributed by atoms with E-state index in [9.17, 15) is 28.1 Å². The third kappa shape index (κ3) is 3.57. The number of carbonyl (C=O) groups is 1. The summed E-state index contributed by atoms with van der Waals surface area (Å²) in [5.74, 6) is -0.671. The number of pyridine rings is 1. The second-order valence-corrected chi connectivity index (χ2v) is 4.19. The number of nitro groups is 1. The monoisotopic (exact) mass is 311 g/mol. The maximum Gasteiger partial charge on any atom is 0.433 e. The first kappa shape index (κ1) is 15.4. The number of non-ortho nitro benzene ring substituents is 1. The lowest BCUT2D eigenvalue weighted by Gasteiger charge is -2.07. The molecule has 2 aromatic rings. The van der Waals surface area contributed by atoms with Crippen molar-refractivity contribution in [2.24, 2.45) is 0 Å². The topological polar surface area (TPSA) is 85.1 Å². The standard InChI is InChI=1S/C13H8F3N3O3/c14-13(15,16)11-6-1-8(7-17-11)12(20)18-9-2-4-10(5-3-9)19(21)22/h1-7H,(H,18,20). The molecule has 114 valence electrons. The van der Waals surface area contributed by atoms with Crippen LogP contribution >= 0.6 is 0 Å². The van der Waals surface area contributed by atoms with Crippen molar-refractivity contribution in [2.75, 3.05) is 5.32 Å². The molecule has 0 fully saturated rings. The third-order valence-corrected chi connectivity index (χ3v) is 2.65. The van der Waals surface area contributed by atoms with Gasteiger partial charge in [-0.25, -0.2) is 0 Å². The lowest BCUT2D eigenvalue weighted by Crippen LogP contribution is -2.14. The van der Waals surface area contributed by atoms with Crippen molar-refractivity contribution in [3.8, 4) is 0 Å². The molecule has 0 aliphatic carbocycles. The van der Waals surface area contributed by atoms with Gasteiger partial charge in [-0.2, -0.15) is 13.2 Å². The van der Waals surface area contributed by atoms with Crippen molar-refractivity contribution in [2.45, 2.75) is 6.18 Å². The molecule has 1 N–H and O–H groups in total. The molecule has 0 aliphatic rings. The fraction of sp³-hybridized carbons (Fsp3) is 0.0769. The van der Waals surface area contributed by atoms with Crippen molar-refractivity contribution >= 4 is 17.3 Å². The summed E-state index contributed by atoms with van der Waals surface area (Å²) in [6, 6.07) is 6.71. The number of nitrogens with one attached hydrogen (secondary N) is 1. The lowest BCUT2D eigenvalue weighted by molar-refractivity contribution is -0.384. The predicted molar refractivity (Wildman–Crippen MR) is 70.3 cm³/mol. The van der Waals surface area contributed by atoms with Crippen LogP contribution in [-0.2, 0) is 6.18 Å². The van der Waals surface area contributed by atoms with Crippen LogP contribution in [0.2, 0.25) is 0 Å². The molecular formula is C13H8F3N3O3. The van der Waals surface area contributed by atoms with Crippen molar-refractivity contribution in [1.82, 2.24) is 4.98 Å². The average Bonchev–Trinajstić information content (AvgIpc) is 2.47. The van der Waals surface area contributed by atoms with Crippen LogP contribution in [0.5, 0.6) is 0 Å². The minimum absolute atomic E-state index is 0.0636. The number of aromatic nitrogens is 1. The van der Waals surface area contributed by atoms with Crippen LogP contribution in [-0.4, -0.2) is 15.8 Å². The Morgan fingerprint density at radius 3 is 2.23 bits per heavy atom. The van der Waals surface area contributed by atoms with E-state index in [1.165, 1.54) is 24.3 Å². The first-order valence-corrected chi connectivity index (χ1v) is 5.86. The number of hydrogen-bond donors (Lipinski definition) is 1. The smallest absolute Gasteiger partial charge is 0.322 e. The Hall–Kier alpha value is -2.97. The number of carbonyl (C=O) groups excluding carboxylic acids is 1. The minimum Gasteiger partial charge on any atom is -0.322 e. The molecule has 0 bridgehead atoms. The molecule has 0 unspecified atom stereocenters. The summed E-state index contributed by atoms with van der Waals surface area (Å²) in [5, 5.41) is 12.9. The summed E-state index contributed by atoms with van der Waals surface area (Å²) in [4.78, 5) is 24.9. The molecule has 0 saturated carbocycles. The van der Waals surface area contributed by atoms with E-state index < -0.39 is 22.7 Å². The van der Waals surface area contributed by atoms with Crippen LogP contribution in [0, 0.1) is 10.1 Å². The maximum absolute atomic E-state index is 12.4. The second kappa shape index (κ2) is 5.80. The van der Waals surface area contributed by atoms with E-state index in [-0.39, 0.29) is 16.9 Å². The second-order valence-electron chi connectivity index (χ2n) is 4.19. The summed E-state index contributed by atoms with van der Waals surface area (Å²) in [5.41, 5.74) is -1.03. The number of halogens is 3. The van der Waals surface area contributed by atoms with Crippen LogP contribution < -0.4 is 5.32 Å². The molecule has 1 aromatic heterocycles. The van der Waals surface area contributed by atoms with E-state index in [1.807, 2.05) is 0 Å². The summed E-state index contributed by atoms with van der Waals surface area (Å²) >= 11 is 0. The Labute approximate surface area is 121 Å². The van der Waals surface area contributed by atoms with Gasteiger partial charge in [-0.15, -0.1) is 0 Å². The third-order valence-electron chi connectivity index (χ3n) is 2.65. The van der Waals surface area contributed by atoms with E-state index in [2.05, 4.69) is 10.3 Å². The zero-order valence-electron chi connectivity index (χ0n) is 10.8. The van der Waals surface area contributed by atoms with E-state index in [1.54, 1.807) is 0 Å². The molecule has 1 amide bonds. The molecule has 0 spiro atoms. The maximum atomic E-state index is 12.4. The number of benzene rings is 1. The Bertz CT molecular complexity index is 697. The van der Waals surface area contributed by atoms with Gasteiger partial charge in [0.15, 0.2) is 0 Å². The zero-order chi connectivity index (χ0) is 16.3. The average molecular weight is 311 g/mol. The van der Waals surface area contributed by atoms with E-state index >= 15 is 0 Å². The summed E-state index contributed by atoms with van der Waals surface area (Å²) < 4.78 is 37.1. The molecule has 22 heavy (non-hydrogen) atoms. The number of nitro benzene ring substituents is 1. The molecule has 1 heterocycles. The van der Waals surface area contributed by atoms with Crippen molar-refractivity contribution in [3.05, 3.63) is 64.0 Å². The summed E-state index contributed by atoms with van der Waals surface area (Å²) in [6.07, 6.45) is -3.77. The Kier molecular flexibility index (Phi) is 4.06. The number of anilines is 1. The van der Waals surface area contributed by atoms with Crippen molar-refractivity contribution in [3.63, 3.8) is 0 Å². The Morgan fingerprint density at radius 2 is 1.77 bits per heavy atom.